The maximum atomic E-state index is 12.7. The van der Waals surface area contributed by atoms with Gasteiger partial charge >= 0.3 is 0 Å². The number of hydrogen-bond donors (Lipinski definition) is 1. The first-order valence-corrected chi connectivity index (χ1v) is 10.4. The number of hydrazone groups is 1. The third-order valence-electron chi connectivity index (χ3n) is 4.33. The number of nitrogens with zero attached hydrogens (tertiary/aromatic N) is 1. The highest BCUT2D eigenvalue weighted by Crippen LogP contribution is 2.29. The summed E-state index contributed by atoms with van der Waals surface area (Å²) in [5.74, 6) is 1.20. The fraction of sp³-hybridized carbons (Fsp3) is 0.136. The SMILES string of the molecule is COc1cccc(/C=N\Nc2ccc(S(=O)(=O)c3ccc(C)cc3)cc2)c1OC. The van der Waals surface area contributed by atoms with Crippen molar-refractivity contribution in [2.75, 3.05) is 19.6 Å². The smallest absolute Gasteiger partial charge is 0.206 e. The molecule has 0 heterocycles. The summed E-state index contributed by atoms with van der Waals surface area (Å²) in [6.07, 6.45) is 1.61. The Labute approximate surface area is 170 Å². The van der Waals surface area contributed by atoms with Gasteiger partial charge in [-0.2, -0.15) is 5.10 Å². The number of sulfone groups is 1. The average molecular weight is 410 g/mol. The van der Waals surface area contributed by atoms with Crippen LogP contribution in [0.25, 0.3) is 0 Å². The van der Waals surface area contributed by atoms with E-state index in [1.165, 1.54) is 0 Å². The molecule has 0 aliphatic carbocycles. The Hall–Kier alpha value is -3.32. The van der Waals surface area contributed by atoms with E-state index in [9.17, 15) is 8.42 Å². The third kappa shape index (κ3) is 4.57. The Bertz CT molecular complexity index is 1110. The molecule has 6 nitrogen and oxygen atoms in total. The molecule has 0 fully saturated rings. The number of rotatable bonds is 7. The molecule has 29 heavy (non-hydrogen) atoms. The van der Waals surface area contributed by atoms with Crippen molar-refractivity contribution >= 4 is 21.7 Å². The lowest BCUT2D eigenvalue weighted by Crippen LogP contribution is -2.02. The molecule has 3 rings (SSSR count). The number of ether oxygens (including phenoxy) is 2. The summed E-state index contributed by atoms with van der Waals surface area (Å²) < 4.78 is 36.0. The lowest BCUT2D eigenvalue weighted by molar-refractivity contribution is 0.354. The zero-order chi connectivity index (χ0) is 20.9. The number of para-hydroxylation sites is 1. The van der Waals surface area contributed by atoms with E-state index < -0.39 is 9.84 Å². The highest BCUT2D eigenvalue weighted by molar-refractivity contribution is 7.91. The van der Waals surface area contributed by atoms with Gasteiger partial charge in [-0.05, 0) is 55.5 Å². The molecule has 0 atom stereocenters. The van der Waals surface area contributed by atoms with Crippen LogP contribution in [0.5, 0.6) is 11.5 Å². The molecule has 0 radical (unpaired) electrons. The molecule has 0 amide bonds. The van der Waals surface area contributed by atoms with Gasteiger partial charge in [0.2, 0.25) is 9.84 Å². The van der Waals surface area contributed by atoms with Gasteiger partial charge in [-0.1, -0.05) is 23.8 Å². The van der Waals surface area contributed by atoms with Crippen molar-refractivity contribution in [3.63, 3.8) is 0 Å². The first kappa shape index (κ1) is 20.4. The topological polar surface area (TPSA) is 77.0 Å². The minimum absolute atomic E-state index is 0.227. The molecule has 0 aromatic heterocycles. The standard InChI is InChI=1S/C22H22N2O4S/c1-16-7-11-19(12-8-16)29(25,26)20-13-9-18(10-14-20)24-23-15-17-5-4-6-21(27-2)22(17)28-3/h4-15,24H,1-3H3/b23-15-. The largest absolute Gasteiger partial charge is 0.493 e. The van der Waals surface area contributed by atoms with Crippen molar-refractivity contribution in [3.8, 4) is 11.5 Å². The predicted molar refractivity (Wildman–Crippen MR) is 114 cm³/mol. The van der Waals surface area contributed by atoms with Crippen LogP contribution in [0.1, 0.15) is 11.1 Å². The summed E-state index contributed by atoms with van der Waals surface area (Å²) in [6.45, 7) is 1.92. The van der Waals surface area contributed by atoms with Gasteiger partial charge < -0.3 is 9.47 Å². The van der Waals surface area contributed by atoms with E-state index in [1.54, 1.807) is 75.0 Å². The van der Waals surface area contributed by atoms with Crippen LogP contribution in [0.2, 0.25) is 0 Å². The quantitative estimate of drug-likeness (QED) is 0.464. The molecule has 0 spiro atoms. The number of benzene rings is 3. The summed E-state index contributed by atoms with van der Waals surface area (Å²) in [5.41, 5.74) is 5.30. The van der Waals surface area contributed by atoms with Gasteiger partial charge in [-0.3, -0.25) is 5.43 Å². The summed E-state index contributed by atoms with van der Waals surface area (Å²) in [6, 6.07) is 18.7. The van der Waals surface area contributed by atoms with Gasteiger partial charge in [0.1, 0.15) is 0 Å². The summed E-state index contributed by atoms with van der Waals surface area (Å²) in [7, 11) is -0.411. The summed E-state index contributed by atoms with van der Waals surface area (Å²) in [4.78, 5) is 0.497. The maximum absolute atomic E-state index is 12.7. The second kappa shape index (κ2) is 8.79. The fourth-order valence-corrected chi connectivity index (χ4v) is 4.01. The molecule has 150 valence electrons. The van der Waals surface area contributed by atoms with Crippen LogP contribution in [-0.4, -0.2) is 28.9 Å². The van der Waals surface area contributed by atoms with E-state index in [0.717, 1.165) is 11.1 Å². The Morgan fingerprint density at radius 1 is 0.862 bits per heavy atom. The normalized spacial score (nSPS) is 11.4. The molecule has 0 aliphatic heterocycles. The van der Waals surface area contributed by atoms with Gasteiger partial charge in [0.25, 0.3) is 0 Å². The second-order valence-electron chi connectivity index (χ2n) is 6.29. The van der Waals surface area contributed by atoms with E-state index in [1.807, 2.05) is 19.1 Å². The number of methoxy groups -OCH3 is 2. The van der Waals surface area contributed by atoms with E-state index in [0.29, 0.717) is 17.2 Å². The predicted octanol–water partition coefficient (Wildman–Crippen LogP) is 4.29. The molecule has 7 heteroatoms. The van der Waals surface area contributed by atoms with Gasteiger partial charge in [-0.25, -0.2) is 8.42 Å². The van der Waals surface area contributed by atoms with Crippen LogP contribution in [0.4, 0.5) is 5.69 Å². The van der Waals surface area contributed by atoms with Crippen molar-refractivity contribution in [2.45, 2.75) is 16.7 Å². The highest BCUT2D eigenvalue weighted by Gasteiger charge is 2.17. The van der Waals surface area contributed by atoms with Crippen molar-refractivity contribution in [1.82, 2.24) is 0 Å². The molecule has 3 aromatic carbocycles. The van der Waals surface area contributed by atoms with Crippen LogP contribution in [0.3, 0.4) is 0 Å². The Morgan fingerprint density at radius 2 is 1.48 bits per heavy atom. The zero-order valence-electron chi connectivity index (χ0n) is 16.4. The van der Waals surface area contributed by atoms with Gasteiger partial charge in [0.05, 0.1) is 35.9 Å². The maximum Gasteiger partial charge on any atom is 0.206 e. The van der Waals surface area contributed by atoms with Crippen LogP contribution < -0.4 is 14.9 Å². The molecular formula is C22H22N2O4S. The van der Waals surface area contributed by atoms with Gasteiger partial charge in [0.15, 0.2) is 11.5 Å². The Kier molecular flexibility index (Phi) is 6.19. The van der Waals surface area contributed by atoms with E-state index in [-0.39, 0.29) is 9.79 Å². The van der Waals surface area contributed by atoms with Crippen molar-refractivity contribution in [3.05, 3.63) is 77.9 Å². The van der Waals surface area contributed by atoms with E-state index in [2.05, 4.69) is 10.5 Å². The molecule has 0 saturated carbocycles. The first-order chi connectivity index (χ1) is 14.0. The average Bonchev–Trinajstić information content (AvgIpc) is 2.74. The van der Waals surface area contributed by atoms with Crippen molar-refractivity contribution < 1.29 is 17.9 Å². The molecule has 0 aliphatic rings. The number of aryl methyl sites for hydroxylation is 1. The lowest BCUT2D eigenvalue weighted by Gasteiger charge is -2.09. The number of hydrogen-bond acceptors (Lipinski definition) is 6. The summed E-state index contributed by atoms with van der Waals surface area (Å²) >= 11 is 0. The Morgan fingerprint density at radius 3 is 2.07 bits per heavy atom. The first-order valence-electron chi connectivity index (χ1n) is 8.87. The fourth-order valence-electron chi connectivity index (χ4n) is 2.75. The van der Waals surface area contributed by atoms with Crippen molar-refractivity contribution in [2.24, 2.45) is 5.10 Å². The molecule has 1 N–H and O–H groups in total. The van der Waals surface area contributed by atoms with Crippen LogP contribution in [0, 0.1) is 6.92 Å². The number of nitrogens with one attached hydrogen (secondary N) is 1. The second-order valence-corrected chi connectivity index (χ2v) is 8.24. The van der Waals surface area contributed by atoms with Crippen LogP contribution in [0.15, 0.2) is 81.6 Å². The minimum Gasteiger partial charge on any atom is -0.493 e. The molecule has 0 unspecified atom stereocenters. The Balaban J connectivity index is 1.75. The molecular weight excluding hydrogens is 388 g/mol. The molecule has 0 saturated heterocycles. The van der Waals surface area contributed by atoms with Gasteiger partial charge in [-0.15, -0.1) is 0 Å². The monoisotopic (exact) mass is 410 g/mol. The highest BCUT2D eigenvalue weighted by atomic mass is 32.2. The third-order valence-corrected chi connectivity index (χ3v) is 6.11. The molecule has 0 bridgehead atoms. The van der Waals surface area contributed by atoms with E-state index >= 15 is 0 Å². The zero-order valence-corrected chi connectivity index (χ0v) is 17.2. The van der Waals surface area contributed by atoms with E-state index in [4.69, 9.17) is 9.47 Å². The van der Waals surface area contributed by atoms with Crippen LogP contribution in [-0.2, 0) is 9.84 Å². The van der Waals surface area contributed by atoms with Crippen molar-refractivity contribution in [1.29, 1.82) is 0 Å². The molecule has 3 aromatic rings. The minimum atomic E-state index is -3.55. The number of anilines is 1. The van der Waals surface area contributed by atoms with Gasteiger partial charge in [0, 0.05) is 5.56 Å². The summed E-state index contributed by atoms with van der Waals surface area (Å²) in [5, 5.41) is 4.20. The van der Waals surface area contributed by atoms with Crippen LogP contribution >= 0.6 is 0 Å². The lowest BCUT2D eigenvalue weighted by atomic mass is 10.2.